The fraction of sp³-hybridized carbons (Fsp3) is 0.650. The Balaban J connectivity index is 1.59. The number of carbonyl (C=O) groups is 1. The molecule has 1 unspecified atom stereocenters. The van der Waals surface area contributed by atoms with Crippen molar-refractivity contribution in [2.75, 3.05) is 19.7 Å². The van der Waals surface area contributed by atoms with Crippen molar-refractivity contribution in [1.82, 2.24) is 4.90 Å². The van der Waals surface area contributed by atoms with Gasteiger partial charge in [-0.05, 0) is 54.7 Å². The molecule has 132 valence electrons. The largest absolute Gasteiger partial charge is 0.508 e. The fourth-order valence-corrected chi connectivity index (χ4v) is 4.07. The van der Waals surface area contributed by atoms with Crippen LogP contribution in [-0.4, -0.2) is 41.7 Å². The quantitative estimate of drug-likeness (QED) is 0.919. The van der Waals surface area contributed by atoms with Gasteiger partial charge in [0.2, 0.25) is 5.91 Å². The zero-order chi connectivity index (χ0) is 17.2. The highest BCUT2D eigenvalue weighted by molar-refractivity contribution is 5.76. The van der Waals surface area contributed by atoms with Gasteiger partial charge in [0.1, 0.15) is 5.75 Å². The SMILES string of the molecule is C[C@H]1CN(C(=O)CCC2CCCO2)CC[C@]1(C)c1cccc(O)c1. The molecule has 24 heavy (non-hydrogen) atoms. The van der Waals surface area contributed by atoms with Crippen LogP contribution in [0.3, 0.4) is 0 Å². The van der Waals surface area contributed by atoms with Crippen LogP contribution in [0.1, 0.15) is 51.5 Å². The number of phenols is 1. The zero-order valence-corrected chi connectivity index (χ0v) is 14.8. The fourth-order valence-electron chi connectivity index (χ4n) is 4.07. The van der Waals surface area contributed by atoms with Gasteiger partial charge < -0.3 is 14.7 Å². The number of piperidine rings is 1. The third-order valence-electron chi connectivity index (χ3n) is 6.05. The second-order valence-electron chi connectivity index (χ2n) is 7.63. The van der Waals surface area contributed by atoms with Gasteiger partial charge in [-0.15, -0.1) is 0 Å². The number of hydrogen-bond donors (Lipinski definition) is 1. The topological polar surface area (TPSA) is 49.8 Å². The number of phenolic OH excluding ortho intramolecular Hbond substituents is 1. The van der Waals surface area contributed by atoms with E-state index >= 15 is 0 Å². The predicted molar refractivity (Wildman–Crippen MR) is 94.0 cm³/mol. The van der Waals surface area contributed by atoms with Crippen molar-refractivity contribution in [3.05, 3.63) is 29.8 Å². The van der Waals surface area contributed by atoms with Crippen LogP contribution < -0.4 is 0 Å². The molecule has 0 spiro atoms. The summed E-state index contributed by atoms with van der Waals surface area (Å²) in [7, 11) is 0. The lowest BCUT2D eigenvalue weighted by atomic mass is 9.68. The molecular formula is C20H29NO3. The van der Waals surface area contributed by atoms with E-state index in [1.165, 1.54) is 5.56 Å². The summed E-state index contributed by atoms with van der Waals surface area (Å²) < 4.78 is 5.62. The van der Waals surface area contributed by atoms with Crippen molar-refractivity contribution in [3.63, 3.8) is 0 Å². The maximum atomic E-state index is 12.5. The lowest BCUT2D eigenvalue weighted by Gasteiger charge is -2.45. The Labute approximate surface area is 144 Å². The van der Waals surface area contributed by atoms with Gasteiger partial charge in [0, 0.05) is 26.1 Å². The number of nitrogens with zero attached hydrogens (tertiary/aromatic N) is 1. The number of ether oxygens (including phenoxy) is 1. The number of aromatic hydroxyl groups is 1. The first-order valence-corrected chi connectivity index (χ1v) is 9.18. The number of rotatable bonds is 4. The van der Waals surface area contributed by atoms with Crippen LogP contribution in [0.25, 0.3) is 0 Å². The Morgan fingerprint density at radius 2 is 2.29 bits per heavy atom. The van der Waals surface area contributed by atoms with Crippen LogP contribution in [0.5, 0.6) is 5.75 Å². The first-order valence-electron chi connectivity index (χ1n) is 9.18. The maximum Gasteiger partial charge on any atom is 0.222 e. The highest BCUT2D eigenvalue weighted by Crippen LogP contribution is 2.40. The molecule has 1 amide bonds. The van der Waals surface area contributed by atoms with Crippen molar-refractivity contribution in [2.24, 2.45) is 5.92 Å². The van der Waals surface area contributed by atoms with E-state index < -0.39 is 0 Å². The molecule has 2 aliphatic rings. The molecule has 3 atom stereocenters. The normalized spacial score (nSPS) is 30.5. The smallest absolute Gasteiger partial charge is 0.222 e. The summed E-state index contributed by atoms with van der Waals surface area (Å²) in [6.07, 6.45) is 4.90. The summed E-state index contributed by atoms with van der Waals surface area (Å²) in [5.74, 6) is 0.936. The average molecular weight is 331 g/mol. The first kappa shape index (κ1) is 17.3. The van der Waals surface area contributed by atoms with Crippen molar-refractivity contribution in [2.45, 2.75) is 57.5 Å². The molecular weight excluding hydrogens is 302 g/mol. The minimum atomic E-state index is 0.00405. The summed E-state index contributed by atoms with van der Waals surface area (Å²) in [5.41, 5.74) is 1.17. The van der Waals surface area contributed by atoms with Gasteiger partial charge in [-0.1, -0.05) is 26.0 Å². The third-order valence-corrected chi connectivity index (χ3v) is 6.05. The van der Waals surface area contributed by atoms with Crippen molar-refractivity contribution in [3.8, 4) is 5.75 Å². The summed E-state index contributed by atoms with van der Waals surface area (Å²) in [5, 5.41) is 9.78. The molecule has 0 radical (unpaired) electrons. The molecule has 1 aromatic carbocycles. The molecule has 4 nitrogen and oxygen atoms in total. The van der Waals surface area contributed by atoms with Crippen molar-refractivity contribution >= 4 is 5.91 Å². The summed E-state index contributed by atoms with van der Waals surface area (Å²) in [6.45, 7) is 6.89. The molecule has 2 saturated heterocycles. The summed E-state index contributed by atoms with van der Waals surface area (Å²) in [4.78, 5) is 14.6. The molecule has 3 rings (SSSR count). The van der Waals surface area contributed by atoms with Crippen LogP contribution in [0, 0.1) is 5.92 Å². The molecule has 2 fully saturated rings. The van der Waals surface area contributed by atoms with E-state index in [0.717, 1.165) is 45.4 Å². The standard InChI is InChI=1S/C20H29NO3/c1-15-14-21(19(23)9-8-18-7-4-12-24-18)11-10-20(15,2)16-5-3-6-17(22)13-16/h3,5-6,13,15,18,22H,4,7-12,14H2,1-2H3/t15-,18?,20-/m0/s1. The minimum Gasteiger partial charge on any atom is -0.508 e. The van der Waals surface area contributed by atoms with E-state index in [0.29, 0.717) is 18.1 Å². The second kappa shape index (κ2) is 7.14. The van der Waals surface area contributed by atoms with E-state index in [1.807, 2.05) is 17.0 Å². The Morgan fingerprint density at radius 3 is 2.96 bits per heavy atom. The number of hydrogen-bond acceptors (Lipinski definition) is 3. The van der Waals surface area contributed by atoms with E-state index in [1.54, 1.807) is 6.07 Å². The van der Waals surface area contributed by atoms with E-state index in [9.17, 15) is 9.90 Å². The monoisotopic (exact) mass is 331 g/mol. The summed E-state index contributed by atoms with van der Waals surface area (Å²) in [6, 6.07) is 7.57. The van der Waals surface area contributed by atoms with Gasteiger partial charge in [0.15, 0.2) is 0 Å². The van der Waals surface area contributed by atoms with Crippen LogP contribution in [0.4, 0.5) is 0 Å². The van der Waals surface area contributed by atoms with Crippen molar-refractivity contribution < 1.29 is 14.6 Å². The van der Waals surface area contributed by atoms with E-state index in [-0.39, 0.29) is 17.4 Å². The van der Waals surface area contributed by atoms with Crippen molar-refractivity contribution in [1.29, 1.82) is 0 Å². The molecule has 1 N–H and O–H groups in total. The van der Waals surface area contributed by atoms with E-state index in [2.05, 4.69) is 19.9 Å². The highest BCUT2D eigenvalue weighted by atomic mass is 16.5. The molecule has 4 heteroatoms. The van der Waals surface area contributed by atoms with Crippen LogP contribution in [0.2, 0.25) is 0 Å². The average Bonchev–Trinajstić information content (AvgIpc) is 3.08. The number of amides is 1. The van der Waals surface area contributed by atoms with Crippen LogP contribution in [0.15, 0.2) is 24.3 Å². The number of carbonyl (C=O) groups excluding carboxylic acids is 1. The molecule has 0 aromatic heterocycles. The molecule has 0 aliphatic carbocycles. The third kappa shape index (κ3) is 3.59. The minimum absolute atomic E-state index is 0.00405. The Kier molecular flexibility index (Phi) is 5.14. The van der Waals surface area contributed by atoms with Gasteiger partial charge in [-0.25, -0.2) is 0 Å². The highest BCUT2D eigenvalue weighted by Gasteiger charge is 2.39. The predicted octanol–water partition coefficient (Wildman–Crippen LogP) is 3.48. The Bertz CT molecular complexity index is 582. The zero-order valence-electron chi connectivity index (χ0n) is 14.8. The molecule has 1 aromatic rings. The number of likely N-dealkylation sites (tertiary alicyclic amines) is 1. The van der Waals surface area contributed by atoms with Gasteiger partial charge >= 0.3 is 0 Å². The van der Waals surface area contributed by atoms with Gasteiger partial charge in [-0.3, -0.25) is 4.79 Å². The Hall–Kier alpha value is -1.55. The molecule has 0 bridgehead atoms. The number of benzene rings is 1. The Morgan fingerprint density at radius 1 is 1.46 bits per heavy atom. The van der Waals surface area contributed by atoms with Gasteiger partial charge in [0.25, 0.3) is 0 Å². The first-order chi connectivity index (χ1) is 11.5. The van der Waals surface area contributed by atoms with Gasteiger partial charge in [-0.2, -0.15) is 0 Å². The lowest BCUT2D eigenvalue weighted by molar-refractivity contribution is -0.134. The lowest BCUT2D eigenvalue weighted by Crippen LogP contribution is -2.49. The van der Waals surface area contributed by atoms with Crippen LogP contribution >= 0.6 is 0 Å². The summed E-state index contributed by atoms with van der Waals surface area (Å²) >= 11 is 0. The van der Waals surface area contributed by atoms with E-state index in [4.69, 9.17) is 4.74 Å². The molecule has 2 aliphatic heterocycles. The maximum absolute atomic E-state index is 12.5. The van der Waals surface area contributed by atoms with Crippen LogP contribution in [-0.2, 0) is 14.9 Å². The second-order valence-corrected chi connectivity index (χ2v) is 7.63. The molecule has 2 heterocycles. The molecule has 0 saturated carbocycles. The van der Waals surface area contributed by atoms with Gasteiger partial charge in [0.05, 0.1) is 6.10 Å².